The zero-order chi connectivity index (χ0) is 27.9. The minimum absolute atomic E-state index is 0. The molecule has 230 valence electrons. The van der Waals surface area contributed by atoms with Crippen LogP contribution in [0.5, 0.6) is 0 Å². The SMILES string of the molecule is CCCCCCCCCCCCCCCCCC(=O)O.CCCCCCCCCCCCOS(=O)(=O)O.[H-].[H-].[H-].[Mg+2].[Na+]. The normalized spacial score (nSPS) is 10.7. The number of carboxylic acids is 1. The van der Waals surface area contributed by atoms with E-state index in [0.29, 0.717) is 12.8 Å². The fraction of sp³-hybridized carbons (Fsp3) is 0.967. The molecule has 0 amide bonds. The Morgan fingerprint density at radius 1 is 0.564 bits per heavy atom. The average molecular weight is 601 g/mol. The van der Waals surface area contributed by atoms with Gasteiger partial charge in [-0.25, -0.2) is 4.18 Å². The molecule has 0 heterocycles. The number of rotatable bonds is 28. The van der Waals surface area contributed by atoms with E-state index in [4.69, 9.17) is 9.66 Å². The molecule has 0 aromatic carbocycles. The first kappa shape index (κ1) is 47.0. The maximum absolute atomic E-state index is 10.3. The van der Waals surface area contributed by atoms with E-state index in [1.807, 2.05) is 0 Å². The Morgan fingerprint density at radius 2 is 0.821 bits per heavy atom. The van der Waals surface area contributed by atoms with Crippen LogP contribution in [-0.4, -0.2) is 53.7 Å². The van der Waals surface area contributed by atoms with Crippen LogP contribution in [0.15, 0.2) is 0 Å². The molecule has 0 bridgehead atoms. The molecule has 0 rings (SSSR count). The Bertz CT molecular complexity index is 579. The maximum atomic E-state index is 10.3. The third kappa shape index (κ3) is 52.2. The average Bonchev–Trinajstić information content (AvgIpc) is 2.84. The van der Waals surface area contributed by atoms with Crippen molar-refractivity contribution in [3.05, 3.63) is 0 Å². The number of hydrogen-bond acceptors (Lipinski definition) is 4. The summed E-state index contributed by atoms with van der Waals surface area (Å²) in [7, 11) is -4.23. The van der Waals surface area contributed by atoms with Gasteiger partial charge in [-0.15, -0.1) is 0 Å². The molecule has 0 aliphatic carbocycles. The number of aliphatic carboxylic acids is 1. The summed E-state index contributed by atoms with van der Waals surface area (Å²) in [5.74, 6) is -0.653. The molecule has 0 aliphatic rings. The zero-order valence-corrected chi connectivity index (χ0v) is 30.5. The Kier molecular flexibility index (Phi) is 47.2. The van der Waals surface area contributed by atoms with E-state index in [9.17, 15) is 13.2 Å². The fourth-order valence-corrected chi connectivity index (χ4v) is 4.73. The van der Waals surface area contributed by atoms with Crippen molar-refractivity contribution in [2.24, 2.45) is 0 Å². The second-order valence-electron chi connectivity index (χ2n) is 10.5. The van der Waals surface area contributed by atoms with Crippen molar-refractivity contribution in [2.45, 2.75) is 181 Å². The van der Waals surface area contributed by atoms with Gasteiger partial charge in [-0.1, -0.05) is 162 Å². The van der Waals surface area contributed by atoms with Crippen LogP contribution in [-0.2, 0) is 19.4 Å². The molecule has 6 nitrogen and oxygen atoms in total. The van der Waals surface area contributed by atoms with Gasteiger partial charge in [0.1, 0.15) is 0 Å². The molecule has 0 aromatic rings. The van der Waals surface area contributed by atoms with E-state index in [0.717, 1.165) is 25.7 Å². The maximum Gasteiger partial charge on any atom is 2.00 e. The van der Waals surface area contributed by atoms with E-state index in [2.05, 4.69) is 18.0 Å². The van der Waals surface area contributed by atoms with Crippen LogP contribution in [0.4, 0.5) is 0 Å². The van der Waals surface area contributed by atoms with E-state index >= 15 is 0 Å². The molecule has 0 fully saturated rings. The van der Waals surface area contributed by atoms with Crippen LogP contribution in [0, 0.1) is 0 Å². The quantitative estimate of drug-likeness (QED) is 0.0568. The third-order valence-electron chi connectivity index (χ3n) is 6.72. The molecular weight excluding hydrogens is 536 g/mol. The van der Waals surface area contributed by atoms with Crippen LogP contribution in [0.1, 0.15) is 185 Å². The molecule has 0 spiro atoms. The van der Waals surface area contributed by atoms with Crippen LogP contribution >= 0.6 is 0 Å². The zero-order valence-electron chi connectivity index (χ0n) is 29.2. The van der Waals surface area contributed by atoms with E-state index < -0.39 is 16.4 Å². The Balaban J connectivity index is -0.000000105. The summed E-state index contributed by atoms with van der Waals surface area (Å²) < 4.78 is 33.0. The van der Waals surface area contributed by atoms with Gasteiger partial charge in [0.05, 0.1) is 6.61 Å². The Labute approximate surface area is 285 Å². The van der Waals surface area contributed by atoms with Gasteiger partial charge in [-0.3, -0.25) is 9.35 Å². The van der Waals surface area contributed by atoms with Gasteiger partial charge in [0.15, 0.2) is 0 Å². The molecule has 9 heteroatoms. The molecule has 0 radical (unpaired) electrons. The molecule has 0 saturated heterocycles. The summed E-state index contributed by atoms with van der Waals surface area (Å²) in [6, 6.07) is 0. The molecule has 0 aliphatic heterocycles. The number of carbonyl (C=O) groups is 1. The fourth-order valence-electron chi connectivity index (χ4n) is 4.40. The summed E-state index contributed by atoms with van der Waals surface area (Å²) in [4.78, 5) is 10.3. The van der Waals surface area contributed by atoms with E-state index in [1.165, 1.54) is 128 Å². The van der Waals surface area contributed by atoms with E-state index in [1.54, 1.807) is 0 Å². The Morgan fingerprint density at radius 3 is 1.08 bits per heavy atom. The largest absolute Gasteiger partial charge is 2.00 e. The van der Waals surface area contributed by atoms with Crippen molar-refractivity contribution in [3.8, 4) is 0 Å². The molecule has 39 heavy (non-hydrogen) atoms. The van der Waals surface area contributed by atoms with Gasteiger partial charge >= 0.3 is 69.0 Å². The monoisotopic (exact) mass is 600 g/mol. The first-order chi connectivity index (χ1) is 17.8. The molecular formula is C30H65MgNaO6S. The first-order valence-corrected chi connectivity index (χ1v) is 17.0. The summed E-state index contributed by atoms with van der Waals surface area (Å²) >= 11 is 0. The van der Waals surface area contributed by atoms with Crippen LogP contribution in [0.3, 0.4) is 0 Å². The van der Waals surface area contributed by atoms with Crippen molar-refractivity contribution in [1.29, 1.82) is 0 Å². The second-order valence-corrected chi connectivity index (χ2v) is 11.6. The van der Waals surface area contributed by atoms with Crippen molar-refractivity contribution >= 4 is 39.4 Å². The molecule has 0 saturated carbocycles. The van der Waals surface area contributed by atoms with Gasteiger partial charge in [0.25, 0.3) is 0 Å². The number of carboxylic acid groups (broad SMARTS) is 1. The van der Waals surface area contributed by atoms with E-state index in [-0.39, 0.29) is 63.5 Å². The minimum Gasteiger partial charge on any atom is -1.00 e. The third-order valence-corrected chi connectivity index (χ3v) is 7.19. The topological polar surface area (TPSA) is 101 Å². The second kappa shape index (κ2) is 39.1. The van der Waals surface area contributed by atoms with Crippen molar-refractivity contribution in [1.82, 2.24) is 0 Å². The number of hydrogen-bond donors (Lipinski definition) is 2. The van der Waals surface area contributed by atoms with Gasteiger partial charge in [0.2, 0.25) is 0 Å². The summed E-state index contributed by atoms with van der Waals surface area (Å²) in [5, 5.41) is 8.52. The van der Waals surface area contributed by atoms with Gasteiger partial charge in [0, 0.05) is 6.42 Å². The van der Waals surface area contributed by atoms with Gasteiger partial charge in [-0.05, 0) is 12.8 Å². The van der Waals surface area contributed by atoms with Crippen molar-refractivity contribution < 1.29 is 60.9 Å². The van der Waals surface area contributed by atoms with Crippen molar-refractivity contribution in [2.75, 3.05) is 6.61 Å². The molecule has 0 aromatic heterocycles. The summed E-state index contributed by atoms with van der Waals surface area (Å²) in [6.07, 6.45) is 32.1. The standard InChI is InChI=1S/C18H36O2.C12H26O4S.Mg.Na.3H/c1-2-3-4-5-6-7-8-9-10-11-12-13-14-15-16-17-18(19)20;1-2-3-4-5-6-7-8-9-10-11-12-16-17(13,14)15;;;;;/h2-17H2,1H3,(H,19,20);2-12H2,1H3,(H,13,14,15);;;;;/q;;+2;+1;3*-1. The van der Waals surface area contributed by atoms with Crippen LogP contribution < -0.4 is 29.6 Å². The first-order valence-electron chi connectivity index (χ1n) is 15.7. The minimum atomic E-state index is -4.23. The summed E-state index contributed by atoms with van der Waals surface area (Å²) in [5.41, 5.74) is 0. The smallest absolute Gasteiger partial charge is 1.00 e. The molecule has 0 atom stereocenters. The Hall–Kier alpha value is 1.11. The van der Waals surface area contributed by atoms with Crippen LogP contribution in [0.25, 0.3) is 0 Å². The van der Waals surface area contributed by atoms with Gasteiger partial charge < -0.3 is 9.39 Å². The molecule has 2 N–H and O–H groups in total. The van der Waals surface area contributed by atoms with Crippen molar-refractivity contribution in [3.63, 3.8) is 0 Å². The predicted octanol–water partition coefficient (Wildman–Crippen LogP) is 7.02. The summed E-state index contributed by atoms with van der Waals surface area (Å²) in [6.45, 7) is 4.58. The predicted molar refractivity (Wildman–Crippen MR) is 166 cm³/mol. The number of unbranched alkanes of at least 4 members (excludes halogenated alkanes) is 23. The van der Waals surface area contributed by atoms with Gasteiger partial charge in [-0.2, -0.15) is 8.42 Å². The molecule has 0 unspecified atom stereocenters. The van der Waals surface area contributed by atoms with Crippen LogP contribution in [0.2, 0.25) is 0 Å².